The zero-order chi connectivity index (χ0) is 18.9. The third-order valence-electron chi connectivity index (χ3n) is 9.19. The molecule has 5 aliphatic rings. The van der Waals surface area contributed by atoms with Crippen LogP contribution in [0.1, 0.15) is 72.1 Å². The molecule has 5 rings (SSSR count). The van der Waals surface area contributed by atoms with Crippen molar-refractivity contribution in [3.63, 3.8) is 0 Å². The van der Waals surface area contributed by atoms with Crippen molar-refractivity contribution in [2.45, 2.75) is 83.2 Å². The van der Waals surface area contributed by atoms with Crippen molar-refractivity contribution in [2.75, 3.05) is 12.4 Å². The molecular formula is C23H34O3S. The molecular weight excluding hydrogens is 356 g/mol. The molecule has 0 aromatic heterocycles. The van der Waals surface area contributed by atoms with E-state index in [2.05, 4.69) is 31.7 Å². The first-order valence-corrected chi connectivity index (χ1v) is 12.0. The average Bonchev–Trinajstić information content (AvgIpc) is 3.21. The van der Waals surface area contributed by atoms with E-state index in [1.165, 1.54) is 44.3 Å². The molecule has 1 heterocycles. The Morgan fingerprint density at radius 2 is 2.00 bits per heavy atom. The highest BCUT2D eigenvalue weighted by Crippen LogP contribution is 2.70. The molecule has 0 unspecified atom stereocenters. The van der Waals surface area contributed by atoms with E-state index < -0.39 is 0 Å². The monoisotopic (exact) mass is 390 g/mol. The lowest BCUT2D eigenvalue weighted by atomic mass is 9.48. The first-order valence-electron chi connectivity index (χ1n) is 11.0. The molecule has 7 atom stereocenters. The Bertz CT molecular complexity index is 667. The zero-order valence-corrected chi connectivity index (χ0v) is 17.9. The second-order valence-corrected chi connectivity index (χ2v) is 11.5. The highest BCUT2D eigenvalue weighted by molar-refractivity contribution is 8.00. The van der Waals surface area contributed by atoms with Gasteiger partial charge in [0.2, 0.25) is 0 Å². The number of hydrogen-bond donors (Lipinski definition) is 0. The quantitative estimate of drug-likeness (QED) is 0.447. The van der Waals surface area contributed by atoms with E-state index in [0.717, 1.165) is 37.2 Å². The van der Waals surface area contributed by atoms with Gasteiger partial charge in [-0.15, -0.1) is 11.8 Å². The number of rotatable bonds is 1. The number of carbonyl (C=O) groups excluding carboxylic acids is 1. The zero-order valence-electron chi connectivity index (χ0n) is 17.1. The third kappa shape index (κ3) is 2.54. The lowest BCUT2D eigenvalue weighted by Crippen LogP contribution is -2.53. The summed E-state index contributed by atoms with van der Waals surface area (Å²) in [5.74, 6) is 3.47. The largest absolute Gasteiger partial charge is 0.462 e. The van der Waals surface area contributed by atoms with Crippen LogP contribution in [0.2, 0.25) is 0 Å². The van der Waals surface area contributed by atoms with Crippen molar-refractivity contribution in [1.82, 2.24) is 0 Å². The number of allylic oxidation sites excluding steroid dienone is 1. The van der Waals surface area contributed by atoms with E-state index in [1.54, 1.807) is 12.5 Å². The number of carbonyl (C=O) groups is 1. The van der Waals surface area contributed by atoms with Crippen molar-refractivity contribution in [1.29, 1.82) is 0 Å². The van der Waals surface area contributed by atoms with E-state index in [-0.39, 0.29) is 17.0 Å². The summed E-state index contributed by atoms with van der Waals surface area (Å²) in [5, 5.41) is 0. The first-order chi connectivity index (χ1) is 12.9. The van der Waals surface area contributed by atoms with Crippen LogP contribution in [-0.2, 0) is 14.3 Å². The Morgan fingerprint density at radius 1 is 1.19 bits per heavy atom. The fourth-order valence-corrected chi connectivity index (χ4v) is 9.36. The number of hydrogen-bond acceptors (Lipinski definition) is 4. The SMILES string of the molecule is CC(=O)O[C@@H]1CC[C@@]2(C)C(=CC[C@@H]3[C@@H]2CC[C@@]2(C)[C@H]3CC[C@@]23OCCS3)C1. The molecule has 0 aromatic carbocycles. The van der Waals surface area contributed by atoms with Gasteiger partial charge in [-0.1, -0.05) is 25.5 Å². The van der Waals surface area contributed by atoms with Gasteiger partial charge in [-0.05, 0) is 68.1 Å². The lowest BCUT2D eigenvalue weighted by molar-refractivity contribution is -0.149. The summed E-state index contributed by atoms with van der Waals surface area (Å²) in [6.45, 7) is 7.56. The van der Waals surface area contributed by atoms with E-state index in [1.807, 2.05) is 0 Å². The summed E-state index contributed by atoms with van der Waals surface area (Å²) in [5.41, 5.74) is 2.26. The van der Waals surface area contributed by atoms with Gasteiger partial charge in [0.1, 0.15) is 11.0 Å². The molecule has 1 saturated heterocycles. The summed E-state index contributed by atoms with van der Waals surface area (Å²) < 4.78 is 12.0. The second kappa shape index (κ2) is 6.26. The molecule has 150 valence electrons. The van der Waals surface area contributed by atoms with Crippen LogP contribution in [0.4, 0.5) is 0 Å². The van der Waals surface area contributed by atoms with Crippen LogP contribution in [-0.4, -0.2) is 29.4 Å². The van der Waals surface area contributed by atoms with Gasteiger partial charge in [0.05, 0.1) is 6.61 Å². The number of thioether (sulfide) groups is 1. The number of esters is 1. The molecule has 0 N–H and O–H groups in total. The predicted molar refractivity (Wildman–Crippen MR) is 108 cm³/mol. The third-order valence-corrected chi connectivity index (χ3v) is 10.8. The maximum Gasteiger partial charge on any atom is 0.302 e. The smallest absolute Gasteiger partial charge is 0.302 e. The predicted octanol–water partition coefficient (Wildman–Crippen LogP) is 5.34. The van der Waals surface area contributed by atoms with Gasteiger partial charge < -0.3 is 9.47 Å². The van der Waals surface area contributed by atoms with Gasteiger partial charge in [0.15, 0.2) is 0 Å². The fraction of sp³-hybridized carbons (Fsp3) is 0.870. The van der Waals surface area contributed by atoms with E-state index in [0.29, 0.717) is 10.8 Å². The molecule has 1 spiro atoms. The van der Waals surface area contributed by atoms with Gasteiger partial charge in [0.25, 0.3) is 0 Å². The van der Waals surface area contributed by atoms with E-state index in [4.69, 9.17) is 9.47 Å². The molecule has 3 saturated carbocycles. The highest BCUT2D eigenvalue weighted by Gasteiger charge is 2.65. The first kappa shape index (κ1) is 18.5. The Labute approximate surface area is 168 Å². The van der Waals surface area contributed by atoms with Crippen LogP contribution in [0.3, 0.4) is 0 Å². The molecule has 4 heteroatoms. The van der Waals surface area contributed by atoms with Crippen LogP contribution in [0.5, 0.6) is 0 Å². The van der Waals surface area contributed by atoms with Gasteiger partial charge in [-0.3, -0.25) is 4.79 Å². The van der Waals surface area contributed by atoms with Crippen LogP contribution < -0.4 is 0 Å². The Kier molecular flexibility index (Phi) is 4.30. The van der Waals surface area contributed by atoms with Crippen molar-refractivity contribution >= 4 is 17.7 Å². The summed E-state index contributed by atoms with van der Waals surface area (Å²) in [4.78, 5) is 11.5. The average molecular weight is 391 g/mol. The highest BCUT2D eigenvalue weighted by atomic mass is 32.2. The molecule has 0 bridgehead atoms. The normalized spacial score (nSPS) is 51.3. The summed E-state index contributed by atoms with van der Waals surface area (Å²) >= 11 is 2.12. The van der Waals surface area contributed by atoms with Crippen LogP contribution in [0.15, 0.2) is 11.6 Å². The van der Waals surface area contributed by atoms with Crippen LogP contribution in [0.25, 0.3) is 0 Å². The van der Waals surface area contributed by atoms with Crippen molar-refractivity contribution in [2.24, 2.45) is 28.6 Å². The molecule has 4 fully saturated rings. The van der Waals surface area contributed by atoms with Crippen LogP contribution in [0, 0.1) is 28.6 Å². The van der Waals surface area contributed by atoms with Crippen molar-refractivity contribution in [3.05, 3.63) is 11.6 Å². The van der Waals surface area contributed by atoms with Crippen molar-refractivity contribution < 1.29 is 14.3 Å². The lowest BCUT2D eigenvalue weighted by Gasteiger charge is -2.59. The van der Waals surface area contributed by atoms with Gasteiger partial charge in [-0.25, -0.2) is 0 Å². The number of fused-ring (bicyclic) bond motifs is 6. The molecule has 0 aromatic rings. The molecule has 0 amide bonds. The van der Waals surface area contributed by atoms with Crippen molar-refractivity contribution in [3.8, 4) is 0 Å². The Morgan fingerprint density at radius 3 is 2.74 bits per heavy atom. The molecule has 1 aliphatic heterocycles. The Balaban J connectivity index is 1.41. The molecule has 27 heavy (non-hydrogen) atoms. The maximum atomic E-state index is 11.4. The summed E-state index contributed by atoms with van der Waals surface area (Å²) in [7, 11) is 0. The van der Waals surface area contributed by atoms with Gasteiger partial charge in [0, 0.05) is 24.5 Å². The molecule has 4 aliphatic carbocycles. The minimum absolute atomic E-state index is 0.102. The minimum Gasteiger partial charge on any atom is -0.462 e. The van der Waals surface area contributed by atoms with Gasteiger partial charge in [-0.2, -0.15) is 0 Å². The number of ether oxygens (including phenoxy) is 2. The molecule has 0 radical (unpaired) electrons. The minimum atomic E-state index is -0.128. The Hall–Kier alpha value is -0.480. The summed E-state index contributed by atoms with van der Waals surface area (Å²) in [6.07, 6.45) is 12.3. The standard InChI is InChI=1S/C23H34O3S/c1-15(24)26-17-6-9-21(2)16(14-17)4-5-18-19(21)7-10-22(3)20(18)8-11-23(22)25-12-13-27-23/h4,17-20H,5-14H2,1-3H3/t17-,18-,19+,20+,21+,22+,23+/m1/s1. The van der Waals surface area contributed by atoms with Gasteiger partial charge >= 0.3 is 5.97 Å². The summed E-state index contributed by atoms with van der Waals surface area (Å²) in [6, 6.07) is 0. The van der Waals surface area contributed by atoms with E-state index in [9.17, 15) is 4.79 Å². The van der Waals surface area contributed by atoms with E-state index >= 15 is 0 Å². The second-order valence-electron chi connectivity index (χ2n) is 10.2. The molecule has 3 nitrogen and oxygen atoms in total. The fourth-order valence-electron chi connectivity index (χ4n) is 7.85. The topological polar surface area (TPSA) is 35.5 Å². The maximum absolute atomic E-state index is 11.4. The van der Waals surface area contributed by atoms with Crippen LogP contribution >= 0.6 is 11.8 Å².